The summed E-state index contributed by atoms with van der Waals surface area (Å²) in [5.74, 6) is 0.899. The van der Waals surface area contributed by atoms with Crippen molar-refractivity contribution in [2.24, 2.45) is 7.05 Å². The summed E-state index contributed by atoms with van der Waals surface area (Å²) in [7, 11) is 2.07. The van der Waals surface area contributed by atoms with Gasteiger partial charge in [-0.05, 0) is 30.7 Å². The molecule has 0 radical (unpaired) electrons. The van der Waals surface area contributed by atoms with Crippen LogP contribution in [0.1, 0.15) is 5.56 Å². The molecule has 2 aromatic heterocycles. The lowest BCUT2D eigenvalue weighted by molar-refractivity contribution is 0.882. The molecule has 2 heterocycles. The summed E-state index contributed by atoms with van der Waals surface area (Å²) in [5.41, 5.74) is 9.65. The molecule has 0 N–H and O–H groups in total. The first-order chi connectivity index (χ1) is 17.7. The minimum atomic E-state index is 0.899. The highest BCUT2D eigenvalue weighted by Gasteiger charge is 2.19. The first-order valence-corrected chi connectivity index (χ1v) is 12.1. The number of aryl methyl sites for hydroxylation is 1. The zero-order chi connectivity index (χ0) is 24.5. The van der Waals surface area contributed by atoms with Crippen LogP contribution in [0.15, 0.2) is 121 Å². The predicted octanol–water partition coefficient (Wildman–Crippen LogP) is 7.58. The second-order valence-electron chi connectivity index (χ2n) is 8.97. The van der Waals surface area contributed by atoms with Crippen LogP contribution in [0.3, 0.4) is 0 Å². The van der Waals surface area contributed by atoms with Gasteiger partial charge in [-0.15, -0.1) is 0 Å². The normalized spacial score (nSPS) is 11.1. The van der Waals surface area contributed by atoms with E-state index in [2.05, 4.69) is 114 Å². The quantitative estimate of drug-likeness (QED) is 0.262. The summed E-state index contributed by atoms with van der Waals surface area (Å²) in [6, 6.07) is 39.8. The largest absolute Gasteiger partial charge is 0.327 e. The van der Waals surface area contributed by atoms with E-state index in [-0.39, 0.29) is 0 Å². The van der Waals surface area contributed by atoms with Gasteiger partial charge in [0.1, 0.15) is 5.82 Å². The average Bonchev–Trinajstić information content (AvgIpc) is 3.54. The zero-order valence-electron chi connectivity index (χ0n) is 20.3. The fourth-order valence-corrected chi connectivity index (χ4v) is 4.63. The fraction of sp³-hybridized carbons (Fsp3) is 0.0625. The van der Waals surface area contributed by atoms with Crippen LogP contribution in [0.4, 0.5) is 0 Å². The Morgan fingerprint density at radius 2 is 1.22 bits per heavy atom. The molecular formula is C32H26N4. The van der Waals surface area contributed by atoms with Crippen LogP contribution in [0.5, 0.6) is 0 Å². The van der Waals surface area contributed by atoms with Gasteiger partial charge in [0.15, 0.2) is 0 Å². The van der Waals surface area contributed by atoms with Crippen molar-refractivity contribution in [3.63, 3.8) is 0 Å². The third kappa shape index (κ3) is 3.93. The maximum Gasteiger partial charge on any atom is 0.142 e. The van der Waals surface area contributed by atoms with Crippen LogP contribution in [0.25, 0.3) is 50.8 Å². The Morgan fingerprint density at radius 1 is 0.611 bits per heavy atom. The highest BCUT2D eigenvalue weighted by atomic mass is 15.3. The molecule has 0 aliphatic heterocycles. The molecule has 0 saturated heterocycles. The van der Waals surface area contributed by atoms with Crippen molar-refractivity contribution in [1.29, 1.82) is 0 Å². The number of rotatable bonds is 5. The highest BCUT2D eigenvalue weighted by molar-refractivity contribution is 5.76. The van der Waals surface area contributed by atoms with E-state index in [0.717, 1.165) is 50.8 Å². The smallest absolute Gasteiger partial charge is 0.142 e. The Morgan fingerprint density at radius 3 is 1.94 bits per heavy atom. The van der Waals surface area contributed by atoms with E-state index in [1.165, 1.54) is 5.56 Å². The molecule has 0 amide bonds. The molecule has 0 bridgehead atoms. The Kier molecular flexibility index (Phi) is 5.55. The molecule has 0 saturated carbocycles. The Hall–Kier alpha value is -4.70. The first-order valence-electron chi connectivity index (χ1n) is 12.1. The SMILES string of the molecule is Cc1ccc(-c2cc(-c3ccccc3)nn2-c2ccccc2-c2ncc(-c3ccccc3)n2C)cc1. The molecule has 4 heteroatoms. The second-order valence-corrected chi connectivity index (χ2v) is 8.97. The van der Waals surface area contributed by atoms with Gasteiger partial charge in [-0.1, -0.05) is 103 Å². The van der Waals surface area contributed by atoms with Crippen molar-refractivity contribution in [2.75, 3.05) is 0 Å². The van der Waals surface area contributed by atoms with E-state index in [4.69, 9.17) is 10.1 Å². The highest BCUT2D eigenvalue weighted by Crippen LogP contribution is 2.34. The first kappa shape index (κ1) is 21.8. The van der Waals surface area contributed by atoms with Crippen LogP contribution in [0.2, 0.25) is 0 Å². The van der Waals surface area contributed by atoms with Gasteiger partial charge in [0.25, 0.3) is 0 Å². The molecule has 174 valence electrons. The van der Waals surface area contributed by atoms with Crippen molar-refractivity contribution in [3.8, 4) is 50.8 Å². The molecule has 0 spiro atoms. The van der Waals surface area contributed by atoms with Gasteiger partial charge in [-0.3, -0.25) is 0 Å². The van der Waals surface area contributed by atoms with E-state index in [1.807, 2.05) is 30.5 Å². The molecule has 0 atom stereocenters. The molecule has 6 aromatic rings. The lowest BCUT2D eigenvalue weighted by Gasteiger charge is -2.14. The number of hydrogen-bond acceptors (Lipinski definition) is 2. The van der Waals surface area contributed by atoms with Gasteiger partial charge in [-0.2, -0.15) is 5.10 Å². The van der Waals surface area contributed by atoms with Gasteiger partial charge >= 0.3 is 0 Å². The third-order valence-corrected chi connectivity index (χ3v) is 6.56. The van der Waals surface area contributed by atoms with E-state index in [1.54, 1.807) is 0 Å². The summed E-state index contributed by atoms with van der Waals surface area (Å²) >= 11 is 0. The Bertz CT molecular complexity index is 1630. The van der Waals surface area contributed by atoms with E-state index in [9.17, 15) is 0 Å². The average molecular weight is 467 g/mol. The monoisotopic (exact) mass is 466 g/mol. The summed E-state index contributed by atoms with van der Waals surface area (Å²) in [5, 5.41) is 5.11. The predicted molar refractivity (Wildman–Crippen MR) is 147 cm³/mol. The van der Waals surface area contributed by atoms with Crippen LogP contribution < -0.4 is 0 Å². The molecular weight excluding hydrogens is 440 g/mol. The number of hydrogen-bond donors (Lipinski definition) is 0. The Labute approximate surface area is 211 Å². The zero-order valence-corrected chi connectivity index (χ0v) is 20.3. The van der Waals surface area contributed by atoms with Crippen LogP contribution in [-0.2, 0) is 7.05 Å². The summed E-state index contributed by atoms with van der Waals surface area (Å²) in [6.07, 6.45) is 1.95. The molecule has 0 fully saturated rings. The molecule has 36 heavy (non-hydrogen) atoms. The fourth-order valence-electron chi connectivity index (χ4n) is 4.63. The number of nitrogens with zero attached hydrogens (tertiary/aromatic N) is 4. The molecule has 6 rings (SSSR count). The van der Waals surface area contributed by atoms with Crippen molar-refractivity contribution in [3.05, 3.63) is 127 Å². The summed E-state index contributed by atoms with van der Waals surface area (Å²) < 4.78 is 4.21. The number of aromatic nitrogens is 4. The molecule has 0 aliphatic rings. The topological polar surface area (TPSA) is 35.6 Å². The maximum atomic E-state index is 5.11. The Balaban J connectivity index is 1.54. The summed E-state index contributed by atoms with van der Waals surface area (Å²) in [6.45, 7) is 2.11. The maximum absolute atomic E-state index is 5.11. The van der Waals surface area contributed by atoms with Gasteiger partial charge in [-0.25, -0.2) is 9.67 Å². The number of benzene rings is 4. The van der Waals surface area contributed by atoms with E-state index < -0.39 is 0 Å². The number of para-hydroxylation sites is 1. The minimum absolute atomic E-state index is 0.899. The second kappa shape index (κ2) is 9.16. The van der Waals surface area contributed by atoms with Crippen molar-refractivity contribution in [2.45, 2.75) is 6.92 Å². The van der Waals surface area contributed by atoms with Crippen molar-refractivity contribution < 1.29 is 0 Å². The standard InChI is InChI=1S/C32H26N4/c1-23-17-19-26(20-18-23)30-21-28(24-11-5-3-6-12-24)34-36(30)29-16-10-9-15-27(29)32-33-22-31(35(32)2)25-13-7-4-8-14-25/h3-22H,1-2H3. The molecule has 0 unspecified atom stereocenters. The van der Waals surface area contributed by atoms with Crippen LogP contribution in [-0.4, -0.2) is 19.3 Å². The van der Waals surface area contributed by atoms with Crippen molar-refractivity contribution >= 4 is 0 Å². The molecule has 4 nitrogen and oxygen atoms in total. The molecule has 4 aromatic carbocycles. The van der Waals surface area contributed by atoms with E-state index >= 15 is 0 Å². The van der Waals surface area contributed by atoms with Crippen molar-refractivity contribution in [1.82, 2.24) is 19.3 Å². The number of imidazole rings is 1. The lowest BCUT2D eigenvalue weighted by Crippen LogP contribution is -2.04. The van der Waals surface area contributed by atoms with Gasteiger partial charge in [0, 0.05) is 23.7 Å². The minimum Gasteiger partial charge on any atom is -0.327 e. The van der Waals surface area contributed by atoms with Crippen LogP contribution in [0, 0.1) is 6.92 Å². The molecule has 0 aliphatic carbocycles. The van der Waals surface area contributed by atoms with Crippen LogP contribution >= 0.6 is 0 Å². The third-order valence-electron chi connectivity index (χ3n) is 6.56. The lowest BCUT2D eigenvalue weighted by atomic mass is 10.1. The summed E-state index contributed by atoms with van der Waals surface area (Å²) in [4.78, 5) is 4.85. The van der Waals surface area contributed by atoms with Gasteiger partial charge in [0.05, 0.1) is 29.0 Å². The van der Waals surface area contributed by atoms with E-state index in [0.29, 0.717) is 0 Å². The van der Waals surface area contributed by atoms with Gasteiger partial charge < -0.3 is 4.57 Å². The van der Waals surface area contributed by atoms with Gasteiger partial charge in [0.2, 0.25) is 0 Å².